The number of ether oxygens (including phenoxy) is 1. The second-order valence-corrected chi connectivity index (χ2v) is 4.33. The maximum absolute atomic E-state index is 12.3. The Morgan fingerprint density at radius 2 is 2.41 bits per heavy atom. The minimum Gasteiger partial charge on any atom is -0.377 e. The van der Waals surface area contributed by atoms with Gasteiger partial charge in [-0.05, 0) is 19.1 Å². The van der Waals surface area contributed by atoms with E-state index in [0.29, 0.717) is 26.3 Å². The van der Waals surface area contributed by atoms with Crippen LogP contribution >= 0.6 is 0 Å². The molecule has 0 aliphatic carbocycles. The lowest BCUT2D eigenvalue weighted by Crippen LogP contribution is -2.52. The second-order valence-electron chi connectivity index (χ2n) is 4.33. The predicted octanol–water partition coefficient (Wildman–Crippen LogP) is 0.795. The maximum Gasteiger partial charge on any atom is 0.254 e. The monoisotopic (exact) mass is 234 g/mol. The van der Waals surface area contributed by atoms with E-state index >= 15 is 0 Å². The molecule has 1 saturated heterocycles. The highest BCUT2D eigenvalue weighted by Crippen LogP contribution is 2.13. The van der Waals surface area contributed by atoms with Crippen molar-refractivity contribution in [3.8, 4) is 0 Å². The average Bonchev–Trinajstić information content (AvgIpc) is 2.38. The van der Waals surface area contributed by atoms with Gasteiger partial charge in [0.1, 0.15) is 0 Å². The van der Waals surface area contributed by atoms with E-state index in [-0.39, 0.29) is 11.9 Å². The molecular weight excluding hydrogens is 216 g/mol. The lowest BCUT2D eigenvalue weighted by molar-refractivity contribution is 0.000836. The van der Waals surface area contributed by atoms with Gasteiger partial charge in [-0.1, -0.05) is 17.7 Å². The zero-order chi connectivity index (χ0) is 12.3. The largest absolute Gasteiger partial charge is 0.377 e. The fraction of sp³-hybridized carbons (Fsp3) is 0.462. The quantitative estimate of drug-likeness (QED) is 0.823. The highest BCUT2D eigenvalue weighted by molar-refractivity contribution is 5.94. The Morgan fingerprint density at radius 3 is 3.12 bits per heavy atom. The van der Waals surface area contributed by atoms with E-state index in [9.17, 15) is 4.79 Å². The van der Waals surface area contributed by atoms with Gasteiger partial charge in [0.15, 0.2) is 0 Å². The number of nitrogens with two attached hydrogens (primary N) is 1. The summed E-state index contributed by atoms with van der Waals surface area (Å²) in [5.41, 5.74) is 7.48. The molecule has 1 amide bonds. The van der Waals surface area contributed by atoms with Crippen molar-refractivity contribution in [2.75, 3.05) is 26.3 Å². The highest BCUT2D eigenvalue weighted by atomic mass is 16.5. The first-order chi connectivity index (χ1) is 8.22. The Kier molecular flexibility index (Phi) is 3.76. The Morgan fingerprint density at radius 1 is 1.59 bits per heavy atom. The van der Waals surface area contributed by atoms with Gasteiger partial charge in [-0.15, -0.1) is 0 Å². The number of carbonyl (C=O) groups excluding carboxylic acids is 1. The number of benzene rings is 1. The topological polar surface area (TPSA) is 55.6 Å². The third-order valence-corrected chi connectivity index (χ3v) is 3.03. The van der Waals surface area contributed by atoms with Crippen LogP contribution in [0.25, 0.3) is 0 Å². The molecule has 17 heavy (non-hydrogen) atoms. The van der Waals surface area contributed by atoms with Gasteiger partial charge in [-0.25, -0.2) is 0 Å². The lowest BCUT2D eigenvalue weighted by Gasteiger charge is -2.35. The Bertz CT molecular complexity index is 406. The van der Waals surface area contributed by atoms with Crippen LogP contribution in [0.5, 0.6) is 0 Å². The van der Waals surface area contributed by atoms with Crippen LogP contribution in [0.1, 0.15) is 15.9 Å². The summed E-state index contributed by atoms with van der Waals surface area (Å²) in [4.78, 5) is 14.2. The van der Waals surface area contributed by atoms with Gasteiger partial charge < -0.3 is 15.4 Å². The first kappa shape index (κ1) is 12.1. The van der Waals surface area contributed by atoms with Gasteiger partial charge in [-0.3, -0.25) is 4.79 Å². The van der Waals surface area contributed by atoms with Crippen LogP contribution in [-0.2, 0) is 4.74 Å². The van der Waals surface area contributed by atoms with E-state index < -0.39 is 0 Å². The number of hydrogen-bond donors (Lipinski definition) is 1. The van der Waals surface area contributed by atoms with Crippen molar-refractivity contribution in [2.45, 2.75) is 13.0 Å². The van der Waals surface area contributed by atoms with Crippen molar-refractivity contribution >= 4 is 5.91 Å². The lowest BCUT2D eigenvalue weighted by atomic mass is 10.1. The van der Waals surface area contributed by atoms with E-state index in [1.54, 1.807) is 0 Å². The average molecular weight is 234 g/mol. The number of amides is 1. The van der Waals surface area contributed by atoms with Gasteiger partial charge in [0.05, 0.1) is 19.3 Å². The zero-order valence-corrected chi connectivity index (χ0v) is 10.1. The smallest absolute Gasteiger partial charge is 0.254 e. The SMILES string of the molecule is Cc1cccc(C(=O)N2CCOCC2CN)c1. The van der Waals surface area contributed by atoms with Crippen LogP contribution < -0.4 is 5.73 Å². The second kappa shape index (κ2) is 5.29. The zero-order valence-electron chi connectivity index (χ0n) is 10.1. The highest BCUT2D eigenvalue weighted by Gasteiger charge is 2.26. The molecule has 1 fully saturated rings. The fourth-order valence-electron chi connectivity index (χ4n) is 2.06. The molecule has 0 radical (unpaired) electrons. The van der Waals surface area contributed by atoms with E-state index in [2.05, 4.69) is 0 Å². The Labute approximate surface area is 101 Å². The van der Waals surface area contributed by atoms with Gasteiger partial charge in [0, 0.05) is 18.7 Å². The van der Waals surface area contributed by atoms with Crippen LogP contribution in [0.15, 0.2) is 24.3 Å². The van der Waals surface area contributed by atoms with Crippen molar-refractivity contribution in [1.82, 2.24) is 4.90 Å². The number of aryl methyl sites for hydroxylation is 1. The van der Waals surface area contributed by atoms with Gasteiger partial charge in [0.25, 0.3) is 5.91 Å². The molecule has 1 aliphatic heterocycles. The minimum absolute atomic E-state index is 0.00300. The molecule has 0 spiro atoms. The number of morpholine rings is 1. The van der Waals surface area contributed by atoms with Gasteiger partial charge in [0.2, 0.25) is 0 Å². The van der Waals surface area contributed by atoms with Gasteiger partial charge >= 0.3 is 0 Å². The number of nitrogens with zero attached hydrogens (tertiary/aromatic N) is 1. The van der Waals surface area contributed by atoms with Crippen LogP contribution in [0.3, 0.4) is 0 Å². The van der Waals surface area contributed by atoms with Crippen molar-refractivity contribution in [2.24, 2.45) is 5.73 Å². The molecule has 1 atom stereocenters. The third-order valence-electron chi connectivity index (χ3n) is 3.03. The Hall–Kier alpha value is -1.39. The molecule has 1 aliphatic rings. The summed E-state index contributed by atoms with van der Waals surface area (Å²) in [6.45, 7) is 4.17. The number of rotatable bonds is 2. The van der Waals surface area contributed by atoms with Crippen LogP contribution in [0, 0.1) is 6.92 Å². The maximum atomic E-state index is 12.3. The summed E-state index contributed by atoms with van der Waals surface area (Å²) in [5, 5.41) is 0. The number of carbonyl (C=O) groups is 1. The molecule has 1 aromatic carbocycles. The van der Waals surface area contributed by atoms with Crippen molar-refractivity contribution in [3.05, 3.63) is 35.4 Å². The van der Waals surface area contributed by atoms with E-state index in [0.717, 1.165) is 11.1 Å². The molecule has 2 rings (SSSR count). The molecule has 92 valence electrons. The Balaban J connectivity index is 2.18. The van der Waals surface area contributed by atoms with Crippen molar-refractivity contribution in [3.63, 3.8) is 0 Å². The molecule has 4 heteroatoms. The third kappa shape index (κ3) is 2.65. The molecular formula is C13H18N2O2. The predicted molar refractivity (Wildman–Crippen MR) is 65.9 cm³/mol. The first-order valence-corrected chi connectivity index (χ1v) is 5.88. The molecule has 0 saturated carbocycles. The van der Waals surface area contributed by atoms with E-state index in [1.807, 2.05) is 36.1 Å². The molecule has 0 aromatic heterocycles. The summed E-state index contributed by atoms with van der Waals surface area (Å²) < 4.78 is 5.34. The van der Waals surface area contributed by atoms with Gasteiger partial charge in [-0.2, -0.15) is 0 Å². The first-order valence-electron chi connectivity index (χ1n) is 5.88. The molecule has 1 unspecified atom stereocenters. The summed E-state index contributed by atoms with van der Waals surface area (Å²) in [7, 11) is 0. The normalized spacial score (nSPS) is 20.4. The van der Waals surface area contributed by atoms with Crippen LogP contribution in [0.2, 0.25) is 0 Å². The van der Waals surface area contributed by atoms with Crippen LogP contribution in [-0.4, -0.2) is 43.2 Å². The van der Waals surface area contributed by atoms with Crippen LogP contribution in [0.4, 0.5) is 0 Å². The molecule has 1 heterocycles. The summed E-state index contributed by atoms with van der Waals surface area (Å²) in [5.74, 6) is 0.0486. The van der Waals surface area contributed by atoms with Crippen molar-refractivity contribution < 1.29 is 9.53 Å². The standard InChI is InChI=1S/C13H18N2O2/c1-10-3-2-4-11(7-10)13(16)15-5-6-17-9-12(15)8-14/h2-4,7,12H,5-6,8-9,14H2,1H3. The number of hydrogen-bond acceptors (Lipinski definition) is 3. The van der Waals surface area contributed by atoms with E-state index in [1.165, 1.54) is 0 Å². The molecule has 1 aromatic rings. The van der Waals surface area contributed by atoms with Crippen molar-refractivity contribution in [1.29, 1.82) is 0 Å². The molecule has 4 nitrogen and oxygen atoms in total. The molecule has 2 N–H and O–H groups in total. The fourth-order valence-corrected chi connectivity index (χ4v) is 2.06. The summed E-state index contributed by atoms with van der Waals surface area (Å²) >= 11 is 0. The summed E-state index contributed by atoms with van der Waals surface area (Å²) in [6.07, 6.45) is 0. The van der Waals surface area contributed by atoms with E-state index in [4.69, 9.17) is 10.5 Å². The summed E-state index contributed by atoms with van der Waals surface area (Å²) in [6, 6.07) is 7.64. The minimum atomic E-state index is -0.00300. The molecule has 0 bridgehead atoms.